The molecule has 0 N–H and O–H groups in total. The van der Waals surface area contributed by atoms with Crippen LogP contribution in [0.1, 0.15) is 16.7 Å². The topological polar surface area (TPSA) is 8.29 Å². The minimum atomic E-state index is 1.29. The van der Waals surface area contributed by atoms with Crippen LogP contribution in [-0.4, -0.2) is 4.40 Å². The molecular weight excluding hydrogens is 376 g/mol. The molecule has 3 aromatic heterocycles. The zero-order valence-electron chi connectivity index (χ0n) is 18.2. The summed E-state index contributed by atoms with van der Waals surface area (Å²) in [5.74, 6) is 0. The molecule has 0 aliphatic rings. The molecule has 0 saturated heterocycles. The maximum absolute atomic E-state index is 2.53. The molecule has 7 aromatic rings. The van der Waals surface area contributed by atoms with Crippen LogP contribution in [0.2, 0.25) is 0 Å². The average Bonchev–Trinajstić information content (AvgIpc) is 3.12. The molecular formula is C29H23N2+. The van der Waals surface area contributed by atoms with E-state index in [4.69, 9.17) is 0 Å². The Labute approximate surface area is 180 Å². The van der Waals surface area contributed by atoms with Gasteiger partial charge in [0.15, 0.2) is 6.20 Å². The molecule has 0 bridgehead atoms. The van der Waals surface area contributed by atoms with Crippen LogP contribution in [0.5, 0.6) is 0 Å². The van der Waals surface area contributed by atoms with Gasteiger partial charge < -0.3 is 4.40 Å². The Balaban J connectivity index is 1.98. The maximum Gasteiger partial charge on any atom is 0.224 e. The van der Waals surface area contributed by atoms with Crippen molar-refractivity contribution in [2.75, 3.05) is 0 Å². The van der Waals surface area contributed by atoms with Crippen molar-refractivity contribution in [1.82, 2.24) is 4.40 Å². The Morgan fingerprint density at radius 2 is 1.52 bits per heavy atom. The normalized spacial score (nSPS) is 12.5. The van der Waals surface area contributed by atoms with Gasteiger partial charge in [-0.25, -0.2) is 4.57 Å². The second-order valence-corrected chi connectivity index (χ2v) is 9.06. The Hall–Kier alpha value is -3.65. The highest BCUT2D eigenvalue weighted by Crippen LogP contribution is 2.43. The number of hydrogen-bond acceptors (Lipinski definition) is 0. The number of fused-ring (bicyclic) bond motifs is 7. The van der Waals surface area contributed by atoms with Crippen LogP contribution >= 0.6 is 0 Å². The van der Waals surface area contributed by atoms with Gasteiger partial charge in [-0.1, -0.05) is 42.5 Å². The maximum atomic E-state index is 2.53. The smallest absolute Gasteiger partial charge is 0.224 e. The second kappa shape index (κ2) is 5.53. The minimum absolute atomic E-state index is 1.29. The summed E-state index contributed by atoms with van der Waals surface area (Å²) in [5, 5.41) is 9.38. The molecule has 2 heteroatoms. The van der Waals surface area contributed by atoms with Crippen molar-refractivity contribution in [3.05, 3.63) is 83.6 Å². The van der Waals surface area contributed by atoms with Gasteiger partial charge in [-0.2, -0.15) is 0 Å². The average molecular weight is 400 g/mol. The van der Waals surface area contributed by atoms with Crippen LogP contribution in [0.3, 0.4) is 0 Å². The standard InChI is InChI=1S/C29H23N2/c1-16-9-12-23-25(17(16)2)22-11-10-19-13-14-30(4)29-26-18(3)21-8-6-5-7-20(21)15-24(26)31(23)28(22)27(19)29/h5-15H,1-4H3/q+1. The van der Waals surface area contributed by atoms with Gasteiger partial charge in [0.1, 0.15) is 7.05 Å². The van der Waals surface area contributed by atoms with Gasteiger partial charge in [0.2, 0.25) is 5.52 Å². The molecule has 31 heavy (non-hydrogen) atoms. The summed E-state index contributed by atoms with van der Waals surface area (Å²) in [6.07, 6.45) is 2.20. The van der Waals surface area contributed by atoms with Crippen LogP contribution < -0.4 is 4.57 Å². The van der Waals surface area contributed by atoms with Crippen molar-refractivity contribution >= 4 is 59.8 Å². The quantitative estimate of drug-likeness (QED) is 0.149. The molecule has 0 amide bonds. The van der Waals surface area contributed by atoms with E-state index in [1.165, 1.54) is 76.5 Å². The number of benzene rings is 4. The van der Waals surface area contributed by atoms with Gasteiger partial charge in [-0.15, -0.1) is 0 Å². The summed E-state index contributed by atoms with van der Waals surface area (Å²) < 4.78 is 4.84. The zero-order valence-corrected chi connectivity index (χ0v) is 18.2. The summed E-state index contributed by atoms with van der Waals surface area (Å²) >= 11 is 0. The summed E-state index contributed by atoms with van der Waals surface area (Å²) in [4.78, 5) is 0. The second-order valence-electron chi connectivity index (χ2n) is 9.06. The third-order valence-corrected chi connectivity index (χ3v) is 7.49. The van der Waals surface area contributed by atoms with E-state index >= 15 is 0 Å². The lowest BCUT2D eigenvalue weighted by Gasteiger charge is -2.14. The number of hydrogen-bond donors (Lipinski definition) is 0. The Kier molecular flexibility index (Phi) is 3.04. The van der Waals surface area contributed by atoms with Crippen molar-refractivity contribution in [3.8, 4) is 0 Å². The van der Waals surface area contributed by atoms with Gasteiger partial charge in [0.05, 0.1) is 27.3 Å². The molecule has 0 radical (unpaired) electrons. The lowest BCUT2D eigenvalue weighted by molar-refractivity contribution is -0.643. The van der Waals surface area contributed by atoms with Crippen molar-refractivity contribution in [1.29, 1.82) is 0 Å². The van der Waals surface area contributed by atoms with Gasteiger partial charge in [0, 0.05) is 16.8 Å². The minimum Gasteiger partial charge on any atom is -0.307 e. The number of pyridine rings is 2. The first-order chi connectivity index (χ1) is 15.1. The molecule has 0 saturated carbocycles. The third kappa shape index (κ3) is 1.91. The SMILES string of the molecule is Cc1ccc2c(c1C)c1ccc3cc[n+](C)c4c5c(C)c6ccccc6cc5n2c1c34. The third-order valence-electron chi connectivity index (χ3n) is 7.49. The molecule has 4 aromatic carbocycles. The number of nitrogens with zero attached hydrogens (tertiary/aromatic N) is 2. The summed E-state index contributed by atoms with van der Waals surface area (Å²) in [6.45, 7) is 6.77. The molecule has 0 aliphatic heterocycles. The molecule has 0 unspecified atom stereocenters. The van der Waals surface area contributed by atoms with Gasteiger partial charge in [0.25, 0.3) is 0 Å². The van der Waals surface area contributed by atoms with Crippen LogP contribution in [0.4, 0.5) is 0 Å². The molecule has 0 atom stereocenters. The van der Waals surface area contributed by atoms with Crippen molar-refractivity contribution < 1.29 is 4.57 Å². The van der Waals surface area contributed by atoms with Gasteiger partial charge >= 0.3 is 0 Å². The van der Waals surface area contributed by atoms with Gasteiger partial charge in [-0.05, 0) is 65.8 Å². The van der Waals surface area contributed by atoms with E-state index in [2.05, 4.69) is 104 Å². The Bertz CT molecular complexity index is 1870. The summed E-state index contributed by atoms with van der Waals surface area (Å²) in [5.41, 5.74) is 9.34. The van der Waals surface area contributed by atoms with Crippen LogP contribution in [-0.2, 0) is 7.05 Å². The molecule has 0 aliphatic carbocycles. The van der Waals surface area contributed by atoms with E-state index in [1.54, 1.807) is 0 Å². The van der Waals surface area contributed by atoms with Gasteiger partial charge in [-0.3, -0.25) is 0 Å². The van der Waals surface area contributed by atoms with Crippen LogP contribution in [0, 0.1) is 20.8 Å². The van der Waals surface area contributed by atoms with E-state index in [0.717, 1.165) is 0 Å². The highest BCUT2D eigenvalue weighted by Gasteiger charge is 2.25. The monoisotopic (exact) mass is 399 g/mol. The highest BCUT2D eigenvalue weighted by molar-refractivity contribution is 6.28. The molecule has 3 heterocycles. The Morgan fingerprint density at radius 3 is 2.39 bits per heavy atom. The lowest BCUT2D eigenvalue weighted by Crippen LogP contribution is -2.28. The molecule has 148 valence electrons. The van der Waals surface area contributed by atoms with Crippen molar-refractivity contribution in [2.45, 2.75) is 20.8 Å². The molecule has 0 spiro atoms. The first kappa shape index (κ1) is 17.1. The van der Waals surface area contributed by atoms with Crippen molar-refractivity contribution in [3.63, 3.8) is 0 Å². The van der Waals surface area contributed by atoms with E-state index < -0.39 is 0 Å². The lowest BCUT2D eigenvalue weighted by atomic mass is 9.96. The van der Waals surface area contributed by atoms with E-state index in [1.807, 2.05) is 0 Å². The van der Waals surface area contributed by atoms with E-state index in [0.29, 0.717) is 0 Å². The summed E-state index contributed by atoms with van der Waals surface area (Å²) in [7, 11) is 2.18. The number of aryl methyl sites for hydroxylation is 4. The fourth-order valence-corrected chi connectivity index (χ4v) is 5.86. The van der Waals surface area contributed by atoms with Crippen LogP contribution in [0.15, 0.2) is 66.9 Å². The summed E-state index contributed by atoms with van der Waals surface area (Å²) in [6, 6.07) is 22.6. The first-order valence-corrected chi connectivity index (χ1v) is 10.9. The predicted molar refractivity (Wildman–Crippen MR) is 132 cm³/mol. The number of rotatable bonds is 0. The Morgan fingerprint density at radius 1 is 0.677 bits per heavy atom. The molecule has 7 rings (SSSR count). The number of aromatic nitrogens is 2. The van der Waals surface area contributed by atoms with E-state index in [9.17, 15) is 0 Å². The first-order valence-electron chi connectivity index (χ1n) is 10.9. The van der Waals surface area contributed by atoms with Crippen LogP contribution in [0.25, 0.3) is 59.8 Å². The fraction of sp³-hybridized carbons (Fsp3) is 0.138. The van der Waals surface area contributed by atoms with Crippen molar-refractivity contribution in [2.24, 2.45) is 7.05 Å². The molecule has 2 nitrogen and oxygen atoms in total. The molecule has 0 fully saturated rings. The highest BCUT2D eigenvalue weighted by atomic mass is 15.0. The van der Waals surface area contributed by atoms with E-state index in [-0.39, 0.29) is 0 Å². The fourth-order valence-electron chi connectivity index (χ4n) is 5.86. The zero-order chi connectivity index (χ0) is 21.0. The predicted octanol–water partition coefficient (Wildman–Crippen LogP) is 6.89. The largest absolute Gasteiger partial charge is 0.307 e.